The highest BCUT2D eigenvalue weighted by atomic mass is 15.3. The van der Waals surface area contributed by atoms with Crippen molar-refractivity contribution in [2.75, 3.05) is 20.6 Å². The summed E-state index contributed by atoms with van der Waals surface area (Å²) in [5.74, 6) is 0. The topological polar surface area (TPSA) is 0 Å². The lowest BCUT2D eigenvalue weighted by atomic mass is 10.0. The number of rotatable bonds is 6. The molecule has 0 amide bonds. The van der Waals surface area contributed by atoms with Crippen LogP contribution in [0.4, 0.5) is 0 Å². The first-order valence-electron chi connectivity index (χ1n) is 6.07. The minimum Gasteiger partial charge on any atom is -0.326 e. The maximum Gasteiger partial charge on any atom is 0.0961 e. The molecule has 0 radical (unpaired) electrons. The van der Waals surface area contributed by atoms with E-state index in [9.17, 15) is 0 Å². The first-order chi connectivity index (χ1) is 7.60. The molecule has 1 aromatic carbocycles. The third-order valence-corrected chi connectivity index (χ3v) is 3.56. The van der Waals surface area contributed by atoms with E-state index >= 15 is 0 Å². The Morgan fingerprint density at radius 3 is 2.38 bits per heavy atom. The number of likely N-dealkylation sites (N-methyl/N-ethyl adjacent to an activating group) is 1. The molecule has 1 atom stereocenters. The molecule has 16 heavy (non-hydrogen) atoms. The minimum atomic E-state index is 0.630. The van der Waals surface area contributed by atoms with Crippen LogP contribution in [0.2, 0.25) is 0 Å². The van der Waals surface area contributed by atoms with E-state index in [0.717, 1.165) is 23.9 Å². The molecule has 1 nitrogen and oxygen atoms in total. The second-order valence-electron chi connectivity index (χ2n) is 4.96. The minimum absolute atomic E-state index is 0.630. The van der Waals surface area contributed by atoms with Crippen molar-refractivity contribution in [3.8, 4) is 0 Å². The predicted molar refractivity (Wildman–Crippen MR) is 71.4 cm³/mol. The molecule has 0 saturated carbocycles. The Morgan fingerprint density at radius 2 is 1.88 bits per heavy atom. The van der Waals surface area contributed by atoms with Crippen molar-refractivity contribution >= 4 is 0 Å². The van der Waals surface area contributed by atoms with Gasteiger partial charge in [0, 0.05) is 12.8 Å². The third-order valence-electron chi connectivity index (χ3n) is 3.56. The van der Waals surface area contributed by atoms with Gasteiger partial charge in [-0.15, -0.1) is 6.58 Å². The number of hydrogen-bond acceptors (Lipinski definition) is 0. The van der Waals surface area contributed by atoms with Gasteiger partial charge in [0.2, 0.25) is 0 Å². The van der Waals surface area contributed by atoms with Crippen molar-refractivity contribution < 1.29 is 4.48 Å². The molecule has 0 aromatic heterocycles. The number of quaternary nitrogens is 1. The fourth-order valence-corrected chi connectivity index (χ4v) is 1.95. The van der Waals surface area contributed by atoms with Gasteiger partial charge in [-0.1, -0.05) is 36.4 Å². The summed E-state index contributed by atoms with van der Waals surface area (Å²) in [6, 6.07) is 11.4. The molecule has 1 aromatic rings. The Balaban J connectivity index is 2.76. The van der Waals surface area contributed by atoms with Crippen molar-refractivity contribution in [1.82, 2.24) is 0 Å². The van der Waals surface area contributed by atoms with E-state index in [1.54, 1.807) is 0 Å². The lowest BCUT2D eigenvalue weighted by molar-refractivity contribution is -0.912. The maximum absolute atomic E-state index is 3.88. The summed E-state index contributed by atoms with van der Waals surface area (Å²) in [4.78, 5) is 0. The van der Waals surface area contributed by atoms with Crippen LogP contribution < -0.4 is 0 Å². The molecule has 0 bridgehead atoms. The van der Waals surface area contributed by atoms with E-state index in [2.05, 4.69) is 57.9 Å². The second kappa shape index (κ2) is 5.86. The molecular weight excluding hydrogens is 194 g/mol. The first kappa shape index (κ1) is 13.0. The fourth-order valence-electron chi connectivity index (χ4n) is 1.95. The average Bonchev–Trinajstić information content (AvgIpc) is 2.30. The Labute approximate surface area is 100.0 Å². The van der Waals surface area contributed by atoms with Crippen LogP contribution in [0.25, 0.3) is 0 Å². The van der Waals surface area contributed by atoms with E-state index in [1.807, 2.05) is 6.08 Å². The molecule has 1 heteroatoms. The van der Waals surface area contributed by atoms with Crippen LogP contribution >= 0.6 is 0 Å². The highest BCUT2D eigenvalue weighted by molar-refractivity contribution is 5.15. The monoisotopic (exact) mass is 218 g/mol. The van der Waals surface area contributed by atoms with Crippen LogP contribution in [0, 0.1) is 0 Å². The van der Waals surface area contributed by atoms with Gasteiger partial charge >= 0.3 is 0 Å². The van der Waals surface area contributed by atoms with Crippen LogP contribution in [-0.4, -0.2) is 31.2 Å². The van der Waals surface area contributed by atoms with Crippen LogP contribution in [0.1, 0.15) is 18.9 Å². The summed E-state index contributed by atoms with van der Waals surface area (Å²) in [6.45, 7) is 7.29. The van der Waals surface area contributed by atoms with Gasteiger partial charge in [-0.3, -0.25) is 0 Å². The quantitative estimate of drug-likeness (QED) is 0.508. The summed E-state index contributed by atoms with van der Waals surface area (Å²) in [6.07, 6.45) is 4.26. The van der Waals surface area contributed by atoms with Gasteiger partial charge in [0.25, 0.3) is 0 Å². The van der Waals surface area contributed by atoms with Gasteiger partial charge in [0.05, 0.1) is 26.7 Å². The van der Waals surface area contributed by atoms with Crippen molar-refractivity contribution in [1.29, 1.82) is 0 Å². The summed E-state index contributed by atoms with van der Waals surface area (Å²) in [5.41, 5.74) is 1.43. The summed E-state index contributed by atoms with van der Waals surface area (Å²) >= 11 is 0. The van der Waals surface area contributed by atoms with Gasteiger partial charge in [-0.05, 0) is 12.5 Å². The van der Waals surface area contributed by atoms with E-state index in [4.69, 9.17) is 0 Å². The van der Waals surface area contributed by atoms with Crippen molar-refractivity contribution in [2.24, 2.45) is 0 Å². The van der Waals surface area contributed by atoms with Gasteiger partial charge in [-0.25, -0.2) is 0 Å². The average molecular weight is 218 g/mol. The summed E-state index contributed by atoms with van der Waals surface area (Å²) < 4.78 is 1.06. The second-order valence-corrected chi connectivity index (χ2v) is 4.96. The molecule has 0 saturated heterocycles. The zero-order chi connectivity index (χ0) is 12.0. The zero-order valence-corrected chi connectivity index (χ0v) is 10.8. The Morgan fingerprint density at radius 1 is 1.25 bits per heavy atom. The molecule has 0 heterocycles. The summed E-state index contributed by atoms with van der Waals surface area (Å²) in [5, 5.41) is 0. The molecule has 0 N–H and O–H groups in total. The van der Waals surface area contributed by atoms with E-state index < -0.39 is 0 Å². The van der Waals surface area contributed by atoms with Crippen LogP contribution in [-0.2, 0) is 6.42 Å². The van der Waals surface area contributed by atoms with Gasteiger partial charge in [-0.2, -0.15) is 0 Å². The molecule has 0 aliphatic heterocycles. The lowest BCUT2D eigenvalue weighted by Gasteiger charge is -2.37. The number of benzene rings is 1. The summed E-state index contributed by atoms with van der Waals surface area (Å²) in [7, 11) is 4.61. The zero-order valence-electron chi connectivity index (χ0n) is 10.8. The molecule has 0 aliphatic carbocycles. The fraction of sp³-hybridized carbons (Fsp3) is 0.467. The third kappa shape index (κ3) is 3.49. The van der Waals surface area contributed by atoms with Crippen molar-refractivity contribution in [3.05, 3.63) is 48.6 Å². The standard InChI is InChI=1S/C15H24N/c1-5-10-15(16(3,4)6-2)13-14-11-8-7-9-12-14/h5,7-9,11-12,15H,1,6,10,13H2,2-4H3/q+1. The SMILES string of the molecule is C=CCC(Cc1ccccc1)[N+](C)(C)CC. The van der Waals surface area contributed by atoms with E-state index in [1.165, 1.54) is 5.56 Å². The largest absolute Gasteiger partial charge is 0.326 e. The van der Waals surface area contributed by atoms with Crippen LogP contribution in [0.3, 0.4) is 0 Å². The van der Waals surface area contributed by atoms with Gasteiger partial charge in [0.1, 0.15) is 0 Å². The lowest BCUT2D eigenvalue weighted by Crippen LogP contribution is -2.49. The molecule has 1 rings (SSSR count). The highest BCUT2D eigenvalue weighted by Crippen LogP contribution is 2.16. The smallest absolute Gasteiger partial charge is 0.0961 e. The molecule has 88 valence electrons. The first-order valence-corrected chi connectivity index (χ1v) is 6.07. The van der Waals surface area contributed by atoms with Crippen LogP contribution in [0.15, 0.2) is 43.0 Å². The highest BCUT2D eigenvalue weighted by Gasteiger charge is 2.25. The molecule has 1 unspecified atom stereocenters. The molecule has 0 spiro atoms. The molecular formula is C15H24N+. The van der Waals surface area contributed by atoms with E-state index in [-0.39, 0.29) is 0 Å². The van der Waals surface area contributed by atoms with Crippen LogP contribution in [0.5, 0.6) is 0 Å². The maximum atomic E-state index is 3.88. The van der Waals surface area contributed by atoms with Gasteiger partial charge < -0.3 is 4.48 Å². The normalized spacial score (nSPS) is 13.4. The van der Waals surface area contributed by atoms with Gasteiger partial charge in [0.15, 0.2) is 0 Å². The van der Waals surface area contributed by atoms with Crippen molar-refractivity contribution in [2.45, 2.75) is 25.8 Å². The Kier molecular flexibility index (Phi) is 4.75. The molecule has 0 aliphatic rings. The van der Waals surface area contributed by atoms with E-state index in [0.29, 0.717) is 6.04 Å². The number of hydrogen-bond donors (Lipinski definition) is 0. The Bertz CT molecular complexity index is 313. The Hall–Kier alpha value is -1.08. The molecule has 0 fully saturated rings. The van der Waals surface area contributed by atoms with Crippen molar-refractivity contribution in [3.63, 3.8) is 0 Å². The predicted octanol–water partition coefficient (Wildman–Crippen LogP) is 3.27. The number of nitrogens with zero attached hydrogens (tertiary/aromatic N) is 1.